The number of hydrogen-bond donors (Lipinski definition) is 2. The quantitative estimate of drug-likeness (QED) is 0.426. The van der Waals surface area contributed by atoms with Gasteiger partial charge in [-0.15, -0.1) is 0 Å². The second-order valence-corrected chi connectivity index (χ2v) is 6.76. The van der Waals surface area contributed by atoms with Crippen molar-refractivity contribution in [3.63, 3.8) is 0 Å². The van der Waals surface area contributed by atoms with Gasteiger partial charge in [0.05, 0.1) is 15.8 Å². The molecule has 0 bridgehead atoms. The van der Waals surface area contributed by atoms with Crippen molar-refractivity contribution in [3.05, 3.63) is 25.9 Å². The number of carboxylic acid groups (broad SMARTS) is 1. The van der Waals surface area contributed by atoms with Crippen LogP contribution in [0.4, 0.5) is 16.2 Å². The van der Waals surface area contributed by atoms with E-state index in [1.54, 1.807) is 17.8 Å². The average molecular weight is 445 g/mol. The lowest BCUT2D eigenvalue weighted by molar-refractivity contribution is -0.384. The molecule has 24 heavy (non-hydrogen) atoms. The van der Waals surface area contributed by atoms with E-state index in [1.165, 1.54) is 6.07 Å². The summed E-state index contributed by atoms with van der Waals surface area (Å²) >= 11 is 2.08. The maximum absolute atomic E-state index is 11.5. The van der Waals surface area contributed by atoms with Crippen molar-refractivity contribution in [1.82, 2.24) is 15.1 Å². The summed E-state index contributed by atoms with van der Waals surface area (Å²) in [6, 6.07) is 2.94. The molecule has 10 heteroatoms. The number of carbonyl (C=O) groups is 1. The maximum atomic E-state index is 11.5. The van der Waals surface area contributed by atoms with Gasteiger partial charge in [0, 0.05) is 32.2 Å². The summed E-state index contributed by atoms with van der Waals surface area (Å²) in [4.78, 5) is 23.9. The SMILES string of the molecule is Cn1nc(I)c2c(N3CCCC(NC(=O)O)C3)c([N+](=O)[O-])ccc21. The lowest BCUT2D eigenvalue weighted by atomic mass is 10.0. The molecule has 2 heterocycles. The van der Waals surface area contributed by atoms with Crippen LogP contribution in [0.5, 0.6) is 0 Å². The number of fused-ring (bicyclic) bond motifs is 1. The minimum absolute atomic E-state index is 0.0180. The number of amides is 1. The number of benzene rings is 1. The van der Waals surface area contributed by atoms with Gasteiger partial charge in [-0.25, -0.2) is 4.79 Å². The molecule has 2 aromatic rings. The molecule has 1 aliphatic rings. The molecule has 1 aliphatic heterocycles. The summed E-state index contributed by atoms with van der Waals surface area (Å²) < 4.78 is 2.39. The van der Waals surface area contributed by atoms with Gasteiger partial charge in [-0.3, -0.25) is 14.8 Å². The second-order valence-electron chi connectivity index (χ2n) is 5.73. The van der Waals surface area contributed by atoms with E-state index < -0.39 is 11.0 Å². The van der Waals surface area contributed by atoms with E-state index in [4.69, 9.17) is 5.11 Å². The molecule has 128 valence electrons. The molecule has 0 spiro atoms. The molecular formula is C14H16IN5O4. The Morgan fingerprint density at radius 1 is 1.54 bits per heavy atom. The molecule has 0 saturated carbocycles. The van der Waals surface area contributed by atoms with Crippen molar-refractivity contribution < 1.29 is 14.8 Å². The number of aryl methyl sites for hydroxylation is 1. The third kappa shape index (κ3) is 2.97. The zero-order valence-electron chi connectivity index (χ0n) is 12.9. The van der Waals surface area contributed by atoms with Crippen LogP contribution in [0.25, 0.3) is 10.9 Å². The number of piperidine rings is 1. The van der Waals surface area contributed by atoms with Gasteiger partial charge < -0.3 is 15.3 Å². The number of hydrogen-bond acceptors (Lipinski definition) is 5. The van der Waals surface area contributed by atoms with Crippen molar-refractivity contribution in [2.75, 3.05) is 18.0 Å². The molecule has 9 nitrogen and oxygen atoms in total. The zero-order chi connectivity index (χ0) is 17.4. The fourth-order valence-electron chi connectivity index (χ4n) is 3.22. The van der Waals surface area contributed by atoms with E-state index in [9.17, 15) is 14.9 Å². The average Bonchev–Trinajstić information content (AvgIpc) is 2.81. The lowest BCUT2D eigenvalue weighted by Gasteiger charge is -2.34. The van der Waals surface area contributed by atoms with Crippen molar-refractivity contribution in [1.29, 1.82) is 0 Å². The number of nitrogens with one attached hydrogen (secondary N) is 1. The van der Waals surface area contributed by atoms with E-state index in [-0.39, 0.29) is 11.7 Å². The molecular weight excluding hydrogens is 429 g/mol. The second kappa shape index (κ2) is 6.42. The van der Waals surface area contributed by atoms with Crippen molar-refractivity contribution in [2.24, 2.45) is 7.05 Å². The first-order valence-corrected chi connectivity index (χ1v) is 8.50. The van der Waals surface area contributed by atoms with Crippen LogP contribution in [0.3, 0.4) is 0 Å². The fourth-order valence-corrected chi connectivity index (χ4v) is 4.07. The van der Waals surface area contributed by atoms with Crippen LogP contribution in [0, 0.1) is 13.8 Å². The molecule has 3 rings (SSSR count). The van der Waals surface area contributed by atoms with Gasteiger partial charge in [0.25, 0.3) is 5.69 Å². The minimum atomic E-state index is -1.08. The predicted molar refractivity (Wildman–Crippen MR) is 96.5 cm³/mol. The van der Waals surface area contributed by atoms with Gasteiger partial charge in [-0.1, -0.05) is 0 Å². The number of aromatic nitrogens is 2. The Morgan fingerprint density at radius 3 is 2.96 bits per heavy atom. The lowest BCUT2D eigenvalue weighted by Crippen LogP contribution is -2.47. The summed E-state index contributed by atoms with van der Waals surface area (Å²) in [6.07, 6.45) is 0.400. The number of nitro groups is 1. The van der Waals surface area contributed by atoms with E-state index in [0.29, 0.717) is 22.5 Å². The zero-order valence-corrected chi connectivity index (χ0v) is 15.1. The molecule has 1 atom stereocenters. The Bertz CT molecular complexity index is 821. The van der Waals surface area contributed by atoms with Crippen LogP contribution in [0.1, 0.15) is 12.8 Å². The monoisotopic (exact) mass is 445 g/mol. The third-order valence-electron chi connectivity index (χ3n) is 4.19. The number of nitrogens with zero attached hydrogens (tertiary/aromatic N) is 4. The summed E-state index contributed by atoms with van der Waals surface area (Å²) in [5.41, 5.74) is 1.35. The number of halogens is 1. The van der Waals surface area contributed by atoms with Crippen LogP contribution in [-0.2, 0) is 7.05 Å². The summed E-state index contributed by atoms with van der Waals surface area (Å²) in [5.74, 6) is 0. The molecule has 1 aromatic carbocycles. The highest BCUT2D eigenvalue weighted by molar-refractivity contribution is 14.1. The highest BCUT2D eigenvalue weighted by Gasteiger charge is 2.30. The van der Waals surface area contributed by atoms with E-state index >= 15 is 0 Å². The molecule has 1 aromatic heterocycles. The molecule has 1 fully saturated rings. The Hall–Kier alpha value is -2.11. The smallest absolute Gasteiger partial charge is 0.404 e. The summed E-state index contributed by atoms with van der Waals surface area (Å²) in [6.45, 7) is 1.04. The Kier molecular flexibility index (Phi) is 4.47. The first-order valence-electron chi connectivity index (χ1n) is 7.42. The third-order valence-corrected chi connectivity index (χ3v) is 4.94. The van der Waals surface area contributed by atoms with E-state index in [0.717, 1.165) is 23.7 Å². The van der Waals surface area contributed by atoms with Crippen LogP contribution in [0.2, 0.25) is 0 Å². The van der Waals surface area contributed by atoms with Gasteiger partial charge in [-0.05, 0) is 41.5 Å². The normalized spacial score (nSPS) is 17.9. The first kappa shape index (κ1) is 16.7. The Labute approximate surface area is 150 Å². The Balaban J connectivity index is 2.11. The minimum Gasteiger partial charge on any atom is -0.465 e. The van der Waals surface area contributed by atoms with Crippen LogP contribution in [-0.4, -0.2) is 45.0 Å². The van der Waals surface area contributed by atoms with Gasteiger partial charge >= 0.3 is 6.09 Å². The molecule has 1 saturated heterocycles. The molecule has 2 N–H and O–H groups in total. The standard InChI is InChI=1S/C14H16IN5O4/c1-18-9-4-5-10(20(23)24)12(11(9)13(15)17-18)19-6-2-3-8(7-19)16-14(21)22/h4-5,8,16H,2-3,6-7H2,1H3,(H,21,22). The van der Waals surface area contributed by atoms with E-state index in [1.807, 2.05) is 4.90 Å². The highest BCUT2D eigenvalue weighted by atomic mass is 127. The largest absolute Gasteiger partial charge is 0.465 e. The molecule has 1 amide bonds. The molecule has 0 radical (unpaired) electrons. The Morgan fingerprint density at radius 2 is 2.29 bits per heavy atom. The van der Waals surface area contributed by atoms with Gasteiger partial charge in [0.15, 0.2) is 0 Å². The molecule has 1 unspecified atom stereocenters. The number of nitro benzene ring substituents is 1. The first-order chi connectivity index (χ1) is 11.4. The van der Waals surface area contributed by atoms with E-state index in [2.05, 4.69) is 33.0 Å². The van der Waals surface area contributed by atoms with Gasteiger partial charge in [0.2, 0.25) is 0 Å². The van der Waals surface area contributed by atoms with Crippen molar-refractivity contribution in [3.8, 4) is 0 Å². The maximum Gasteiger partial charge on any atom is 0.404 e. The summed E-state index contributed by atoms with van der Waals surface area (Å²) in [5, 5.41) is 28.0. The fraction of sp³-hybridized carbons (Fsp3) is 0.429. The number of rotatable bonds is 3. The van der Waals surface area contributed by atoms with Crippen LogP contribution < -0.4 is 10.2 Å². The number of anilines is 1. The van der Waals surface area contributed by atoms with Gasteiger partial charge in [0.1, 0.15) is 9.39 Å². The van der Waals surface area contributed by atoms with Crippen molar-refractivity contribution in [2.45, 2.75) is 18.9 Å². The predicted octanol–water partition coefficient (Wildman–Crippen LogP) is 2.32. The topological polar surface area (TPSA) is 114 Å². The summed E-state index contributed by atoms with van der Waals surface area (Å²) in [7, 11) is 1.80. The van der Waals surface area contributed by atoms with Gasteiger partial charge in [-0.2, -0.15) is 5.10 Å². The van der Waals surface area contributed by atoms with Crippen molar-refractivity contribution >= 4 is 51.0 Å². The molecule has 0 aliphatic carbocycles. The van der Waals surface area contributed by atoms with Crippen LogP contribution >= 0.6 is 22.6 Å². The van der Waals surface area contributed by atoms with Crippen LogP contribution in [0.15, 0.2) is 12.1 Å². The highest BCUT2D eigenvalue weighted by Crippen LogP contribution is 2.39.